The molecule has 0 unspecified atom stereocenters. The van der Waals surface area contributed by atoms with Crippen LogP contribution in [-0.2, 0) is 7.05 Å². The first-order valence-corrected chi connectivity index (χ1v) is 10.0. The lowest BCUT2D eigenvalue weighted by molar-refractivity contribution is 0.404. The number of aromatic hydroxyl groups is 2. The van der Waals surface area contributed by atoms with Crippen molar-refractivity contribution in [2.75, 3.05) is 36.0 Å². The summed E-state index contributed by atoms with van der Waals surface area (Å²) >= 11 is 0. The minimum atomic E-state index is -0.119. The number of aromatic nitrogens is 3. The Balaban J connectivity index is 0.00000205. The highest BCUT2D eigenvalue weighted by Gasteiger charge is 2.24. The second-order valence-electron chi connectivity index (χ2n) is 7.76. The molecule has 2 aliphatic heterocycles. The smallest absolute Gasteiger partial charge is 0.229 e. The fraction of sp³-hybridized carbons (Fsp3) is 0.429. The minimum Gasteiger partial charge on any atom is -0.504 e. The van der Waals surface area contributed by atoms with Gasteiger partial charge in [-0.25, -0.2) is 0 Å². The molecular weight excluding hydrogens is 434 g/mol. The van der Waals surface area contributed by atoms with E-state index in [1.165, 1.54) is 31.7 Å². The Labute approximate surface area is 180 Å². The van der Waals surface area contributed by atoms with E-state index in [1.807, 2.05) is 13.1 Å². The van der Waals surface area contributed by atoms with Crippen LogP contribution in [0.2, 0.25) is 0 Å². The van der Waals surface area contributed by atoms with Gasteiger partial charge in [-0.1, -0.05) is 0 Å². The maximum atomic E-state index is 9.94. The van der Waals surface area contributed by atoms with Gasteiger partial charge in [0.05, 0.1) is 11.1 Å². The normalized spacial score (nSPS) is 16.6. The van der Waals surface area contributed by atoms with Crippen molar-refractivity contribution in [2.24, 2.45) is 7.05 Å². The maximum Gasteiger partial charge on any atom is 0.229 e. The van der Waals surface area contributed by atoms with Crippen LogP contribution in [0.25, 0.3) is 22.3 Å². The van der Waals surface area contributed by atoms with Crippen molar-refractivity contribution in [3.63, 3.8) is 0 Å². The van der Waals surface area contributed by atoms with Gasteiger partial charge in [0, 0.05) is 38.8 Å². The van der Waals surface area contributed by atoms with E-state index in [0.717, 1.165) is 60.2 Å². The van der Waals surface area contributed by atoms with Gasteiger partial charge in [-0.3, -0.25) is 0 Å². The molecule has 0 spiro atoms. The molecule has 0 atom stereocenters. The minimum absolute atomic E-state index is 0. The molecular formula is C21H26BrN5O2. The SMILES string of the molecule is Br.Cn1c(-c2ccc(O)c(O)c2)cc2c(N3CCCC3)nc(N3CCCC3)nc21. The highest BCUT2D eigenvalue weighted by atomic mass is 79.9. The second-order valence-corrected chi connectivity index (χ2v) is 7.76. The number of phenolic OH excluding ortho intramolecular Hbond substituents is 2. The van der Waals surface area contributed by atoms with Crippen molar-refractivity contribution in [1.82, 2.24) is 14.5 Å². The number of halogens is 1. The summed E-state index contributed by atoms with van der Waals surface area (Å²) in [6, 6.07) is 7.02. The van der Waals surface area contributed by atoms with Crippen LogP contribution in [0.4, 0.5) is 11.8 Å². The van der Waals surface area contributed by atoms with Crippen LogP contribution in [0.1, 0.15) is 25.7 Å². The highest BCUT2D eigenvalue weighted by molar-refractivity contribution is 8.93. The van der Waals surface area contributed by atoms with Gasteiger partial charge in [-0.15, -0.1) is 17.0 Å². The van der Waals surface area contributed by atoms with E-state index in [9.17, 15) is 10.2 Å². The Bertz CT molecular complexity index is 1040. The van der Waals surface area contributed by atoms with Crippen LogP contribution in [0.5, 0.6) is 11.5 Å². The van der Waals surface area contributed by atoms with Crippen molar-refractivity contribution in [3.8, 4) is 22.8 Å². The largest absolute Gasteiger partial charge is 0.504 e. The molecule has 2 saturated heterocycles. The molecule has 7 nitrogen and oxygen atoms in total. The molecule has 2 N–H and O–H groups in total. The van der Waals surface area contributed by atoms with Crippen molar-refractivity contribution in [3.05, 3.63) is 24.3 Å². The molecule has 2 aliphatic rings. The van der Waals surface area contributed by atoms with Gasteiger partial charge in [0.2, 0.25) is 5.95 Å². The molecule has 3 aromatic rings. The third kappa shape index (κ3) is 3.39. The number of aryl methyl sites for hydroxylation is 1. The average molecular weight is 460 g/mol. The molecule has 1 aromatic carbocycles. The van der Waals surface area contributed by atoms with E-state index in [1.54, 1.807) is 6.07 Å². The van der Waals surface area contributed by atoms with E-state index < -0.39 is 0 Å². The molecule has 154 valence electrons. The lowest BCUT2D eigenvalue weighted by atomic mass is 10.1. The molecule has 0 bridgehead atoms. The van der Waals surface area contributed by atoms with E-state index in [4.69, 9.17) is 9.97 Å². The van der Waals surface area contributed by atoms with E-state index in [0.29, 0.717) is 0 Å². The topological polar surface area (TPSA) is 77.7 Å². The Morgan fingerprint density at radius 2 is 1.48 bits per heavy atom. The van der Waals surface area contributed by atoms with Gasteiger partial charge >= 0.3 is 0 Å². The Hall–Kier alpha value is -2.48. The lowest BCUT2D eigenvalue weighted by Crippen LogP contribution is -2.24. The van der Waals surface area contributed by atoms with Gasteiger partial charge in [0.25, 0.3) is 0 Å². The molecule has 2 fully saturated rings. The number of fused-ring (bicyclic) bond motifs is 1. The lowest BCUT2D eigenvalue weighted by Gasteiger charge is -2.21. The fourth-order valence-corrected chi connectivity index (χ4v) is 4.36. The summed E-state index contributed by atoms with van der Waals surface area (Å²) in [4.78, 5) is 14.5. The van der Waals surface area contributed by atoms with Crippen LogP contribution in [0.3, 0.4) is 0 Å². The molecule has 29 heavy (non-hydrogen) atoms. The van der Waals surface area contributed by atoms with Gasteiger partial charge in [-0.05, 0) is 49.9 Å². The second kappa shape index (κ2) is 7.74. The quantitative estimate of drug-likeness (QED) is 0.579. The molecule has 0 saturated carbocycles. The van der Waals surface area contributed by atoms with Gasteiger partial charge in [0.15, 0.2) is 11.5 Å². The van der Waals surface area contributed by atoms with E-state index in [2.05, 4.69) is 20.4 Å². The molecule has 0 amide bonds. The summed E-state index contributed by atoms with van der Waals surface area (Å²) in [6.07, 6.45) is 4.75. The number of rotatable bonds is 3. The third-order valence-electron chi connectivity index (χ3n) is 5.92. The van der Waals surface area contributed by atoms with Gasteiger partial charge in [0.1, 0.15) is 11.5 Å². The Morgan fingerprint density at radius 1 is 0.828 bits per heavy atom. The summed E-state index contributed by atoms with van der Waals surface area (Å²) in [5, 5.41) is 20.6. The van der Waals surface area contributed by atoms with Crippen LogP contribution in [0.15, 0.2) is 24.3 Å². The van der Waals surface area contributed by atoms with Crippen molar-refractivity contribution in [2.45, 2.75) is 25.7 Å². The molecule has 4 heterocycles. The summed E-state index contributed by atoms with van der Waals surface area (Å²) in [5.41, 5.74) is 2.69. The molecule has 2 aromatic heterocycles. The van der Waals surface area contributed by atoms with Crippen LogP contribution >= 0.6 is 17.0 Å². The first-order valence-electron chi connectivity index (χ1n) is 10.0. The van der Waals surface area contributed by atoms with E-state index >= 15 is 0 Å². The third-order valence-corrected chi connectivity index (χ3v) is 5.92. The Kier molecular flexibility index (Phi) is 5.29. The standard InChI is InChI=1S/C21H25N5O2.BrH/c1-24-16(14-6-7-17(27)18(28)12-14)13-15-19(24)22-21(26-10-4-5-11-26)23-20(15)25-8-2-3-9-25;/h6-7,12-13,27-28H,2-5,8-11H2,1H3;1H. The number of hydrogen-bond donors (Lipinski definition) is 2. The van der Waals surface area contributed by atoms with Crippen LogP contribution < -0.4 is 9.80 Å². The zero-order valence-electron chi connectivity index (χ0n) is 16.5. The zero-order chi connectivity index (χ0) is 19.3. The molecule has 0 radical (unpaired) electrons. The number of anilines is 2. The average Bonchev–Trinajstić information content (AvgIpc) is 3.45. The predicted octanol–water partition coefficient (Wildman–Crippen LogP) is 3.82. The van der Waals surface area contributed by atoms with Gasteiger partial charge in [-0.2, -0.15) is 9.97 Å². The maximum absolute atomic E-state index is 9.94. The Morgan fingerprint density at radius 3 is 2.14 bits per heavy atom. The summed E-state index contributed by atoms with van der Waals surface area (Å²) in [6.45, 7) is 4.06. The summed E-state index contributed by atoms with van der Waals surface area (Å²) < 4.78 is 2.06. The zero-order valence-corrected chi connectivity index (χ0v) is 18.2. The van der Waals surface area contributed by atoms with Crippen LogP contribution in [0, 0.1) is 0 Å². The monoisotopic (exact) mass is 459 g/mol. The number of hydrogen-bond acceptors (Lipinski definition) is 6. The van der Waals surface area contributed by atoms with Crippen molar-refractivity contribution < 1.29 is 10.2 Å². The number of nitrogens with zero attached hydrogens (tertiary/aromatic N) is 5. The van der Waals surface area contributed by atoms with Crippen molar-refractivity contribution >= 4 is 39.8 Å². The molecule has 0 aliphatic carbocycles. The first-order chi connectivity index (χ1) is 13.6. The predicted molar refractivity (Wildman–Crippen MR) is 120 cm³/mol. The summed E-state index contributed by atoms with van der Waals surface area (Å²) in [7, 11) is 2.00. The van der Waals surface area contributed by atoms with Crippen molar-refractivity contribution in [1.29, 1.82) is 0 Å². The fourth-order valence-electron chi connectivity index (χ4n) is 4.36. The van der Waals surface area contributed by atoms with E-state index in [-0.39, 0.29) is 28.5 Å². The van der Waals surface area contributed by atoms with Crippen LogP contribution in [-0.4, -0.2) is 50.9 Å². The highest BCUT2D eigenvalue weighted by Crippen LogP contribution is 2.37. The summed E-state index contributed by atoms with van der Waals surface area (Å²) in [5.74, 6) is 1.59. The molecule has 8 heteroatoms. The van der Waals surface area contributed by atoms with Gasteiger partial charge < -0.3 is 24.6 Å². The number of benzene rings is 1. The first kappa shape index (κ1) is 19.8. The number of phenols is 2. The molecule has 5 rings (SSSR count).